The van der Waals surface area contributed by atoms with Crippen LogP contribution in [0.4, 0.5) is 0 Å². The Kier molecular flexibility index (Phi) is 3.16. The largest absolute Gasteiger partial charge is 0.343 e. The van der Waals surface area contributed by atoms with E-state index >= 15 is 0 Å². The van der Waals surface area contributed by atoms with Gasteiger partial charge in [0, 0.05) is 18.6 Å². The number of likely N-dealkylation sites (tertiary alicyclic amines) is 1. The number of benzene rings is 1. The van der Waals surface area contributed by atoms with E-state index in [1.54, 1.807) is 0 Å². The number of rotatable bonds is 2. The summed E-state index contributed by atoms with van der Waals surface area (Å²) in [6.45, 7) is 9.46. The van der Waals surface area contributed by atoms with Crippen molar-refractivity contribution in [1.29, 1.82) is 0 Å². The highest BCUT2D eigenvalue weighted by Gasteiger charge is 2.54. The average Bonchev–Trinajstić information content (AvgIpc) is 2.80. The molecular weight excluding hydrogens is 238 g/mol. The predicted molar refractivity (Wildman–Crippen MR) is 74.7 cm³/mol. The minimum atomic E-state index is -0.434. The van der Waals surface area contributed by atoms with Crippen LogP contribution in [0.15, 0.2) is 30.3 Å². The SMILES string of the molecule is C[C@@H]1[C@@H]2OC(C)(C)O[C@@H]2[C@H](C)N1Cc1ccccc1. The first kappa shape index (κ1) is 13.1. The van der Waals surface area contributed by atoms with Crippen molar-refractivity contribution in [2.75, 3.05) is 0 Å². The number of hydrogen-bond donors (Lipinski definition) is 0. The summed E-state index contributed by atoms with van der Waals surface area (Å²) in [4.78, 5) is 2.49. The van der Waals surface area contributed by atoms with Gasteiger partial charge in [0.1, 0.15) is 12.2 Å². The van der Waals surface area contributed by atoms with E-state index in [0.29, 0.717) is 12.1 Å². The number of ether oxygens (including phenoxy) is 2. The fourth-order valence-electron chi connectivity index (χ4n) is 3.39. The highest BCUT2D eigenvalue weighted by molar-refractivity contribution is 5.16. The summed E-state index contributed by atoms with van der Waals surface area (Å²) in [6.07, 6.45) is 0.377. The Morgan fingerprint density at radius 1 is 1.00 bits per heavy atom. The van der Waals surface area contributed by atoms with Gasteiger partial charge in [0.2, 0.25) is 0 Å². The van der Waals surface area contributed by atoms with Crippen molar-refractivity contribution in [3.8, 4) is 0 Å². The summed E-state index contributed by atoms with van der Waals surface area (Å²) in [7, 11) is 0. The maximum absolute atomic E-state index is 6.06. The van der Waals surface area contributed by atoms with E-state index in [4.69, 9.17) is 9.47 Å². The molecule has 2 saturated heterocycles. The molecule has 3 heteroatoms. The van der Waals surface area contributed by atoms with Crippen molar-refractivity contribution in [1.82, 2.24) is 4.90 Å². The molecule has 2 heterocycles. The third kappa shape index (κ3) is 2.31. The predicted octanol–water partition coefficient (Wildman–Crippen LogP) is 2.80. The Balaban J connectivity index is 1.76. The first-order valence-corrected chi connectivity index (χ1v) is 7.13. The second-order valence-corrected chi connectivity index (χ2v) is 6.20. The van der Waals surface area contributed by atoms with Gasteiger partial charge in [-0.3, -0.25) is 4.90 Å². The van der Waals surface area contributed by atoms with Crippen LogP contribution in [-0.2, 0) is 16.0 Å². The molecule has 3 rings (SSSR count). The summed E-state index contributed by atoms with van der Waals surface area (Å²) in [5.41, 5.74) is 1.35. The van der Waals surface area contributed by atoms with E-state index < -0.39 is 5.79 Å². The van der Waals surface area contributed by atoms with Gasteiger partial charge in [-0.25, -0.2) is 0 Å². The minimum Gasteiger partial charge on any atom is -0.343 e. The van der Waals surface area contributed by atoms with E-state index in [-0.39, 0.29) is 12.2 Å². The van der Waals surface area contributed by atoms with Crippen molar-refractivity contribution in [2.24, 2.45) is 0 Å². The summed E-state index contributed by atoms with van der Waals surface area (Å²) in [5, 5.41) is 0. The zero-order valence-corrected chi connectivity index (χ0v) is 12.2. The van der Waals surface area contributed by atoms with Gasteiger partial charge in [0.25, 0.3) is 0 Å². The average molecular weight is 261 g/mol. The maximum atomic E-state index is 6.06. The first-order valence-electron chi connectivity index (χ1n) is 7.13. The maximum Gasteiger partial charge on any atom is 0.163 e. The van der Waals surface area contributed by atoms with E-state index in [1.807, 2.05) is 13.8 Å². The third-order valence-corrected chi connectivity index (χ3v) is 4.37. The van der Waals surface area contributed by atoms with Crippen molar-refractivity contribution in [3.63, 3.8) is 0 Å². The molecule has 3 nitrogen and oxygen atoms in total. The quantitative estimate of drug-likeness (QED) is 0.817. The van der Waals surface area contributed by atoms with Gasteiger partial charge in [-0.15, -0.1) is 0 Å². The lowest BCUT2D eigenvalue weighted by Gasteiger charge is -2.31. The van der Waals surface area contributed by atoms with Crippen molar-refractivity contribution in [3.05, 3.63) is 35.9 Å². The standard InChI is InChI=1S/C16H23NO2/c1-11-14-15(19-16(3,4)18-14)12(2)17(11)10-13-8-6-5-7-9-13/h5-9,11-12,14-15H,10H2,1-4H3/t11-,12+,14+,15-. The van der Waals surface area contributed by atoms with Gasteiger partial charge in [0.05, 0.1) is 0 Å². The third-order valence-electron chi connectivity index (χ3n) is 4.37. The minimum absolute atomic E-state index is 0.189. The van der Waals surface area contributed by atoms with E-state index in [0.717, 1.165) is 6.54 Å². The van der Waals surface area contributed by atoms with Gasteiger partial charge in [0.15, 0.2) is 5.79 Å². The molecule has 104 valence electrons. The summed E-state index contributed by atoms with van der Waals surface area (Å²) >= 11 is 0. The molecule has 0 bridgehead atoms. The van der Waals surface area contributed by atoms with Crippen molar-refractivity contribution < 1.29 is 9.47 Å². The smallest absolute Gasteiger partial charge is 0.163 e. The second kappa shape index (κ2) is 4.58. The van der Waals surface area contributed by atoms with Gasteiger partial charge in [-0.05, 0) is 33.3 Å². The fraction of sp³-hybridized carbons (Fsp3) is 0.625. The topological polar surface area (TPSA) is 21.7 Å². The molecule has 1 aromatic rings. The highest BCUT2D eigenvalue weighted by Crippen LogP contribution is 2.40. The molecule has 2 aliphatic heterocycles. The zero-order chi connectivity index (χ0) is 13.6. The molecule has 0 amide bonds. The van der Waals surface area contributed by atoms with Crippen molar-refractivity contribution >= 4 is 0 Å². The summed E-state index contributed by atoms with van der Waals surface area (Å²) in [6, 6.07) is 11.4. The van der Waals surface area contributed by atoms with Gasteiger partial charge >= 0.3 is 0 Å². The lowest BCUT2D eigenvalue weighted by atomic mass is 10.1. The van der Waals surface area contributed by atoms with Crippen molar-refractivity contribution in [2.45, 2.75) is 64.3 Å². The molecule has 0 radical (unpaired) electrons. The summed E-state index contributed by atoms with van der Waals surface area (Å²) in [5.74, 6) is -0.434. The van der Waals surface area contributed by atoms with E-state index in [2.05, 4.69) is 49.1 Å². The molecule has 2 aliphatic rings. The van der Waals surface area contributed by atoms with Gasteiger partial charge in [-0.1, -0.05) is 30.3 Å². The molecule has 19 heavy (non-hydrogen) atoms. The second-order valence-electron chi connectivity index (χ2n) is 6.20. The van der Waals surface area contributed by atoms with Crippen LogP contribution < -0.4 is 0 Å². The lowest BCUT2D eigenvalue weighted by molar-refractivity contribution is -0.166. The van der Waals surface area contributed by atoms with Gasteiger partial charge < -0.3 is 9.47 Å². The molecule has 0 saturated carbocycles. The van der Waals surface area contributed by atoms with Crippen LogP contribution in [0.25, 0.3) is 0 Å². The molecular formula is C16H23NO2. The first-order chi connectivity index (χ1) is 8.98. The van der Waals surface area contributed by atoms with E-state index in [9.17, 15) is 0 Å². The molecule has 0 spiro atoms. The molecule has 2 fully saturated rings. The number of hydrogen-bond acceptors (Lipinski definition) is 3. The molecule has 0 unspecified atom stereocenters. The monoisotopic (exact) mass is 261 g/mol. The number of fused-ring (bicyclic) bond motifs is 1. The number of nitrogens with zero attached hydrogens (tertiary/aromatic N) is 1. The Bertz CT molecular complexity index is 425. The van der Waals surface area contributed by atoms with Crippen LogP contribution in [0.3, 0.4) is 0 Å². The van der Waals surface area contributed by atoms with Crippen LogP contribution in [0.5, 0.6) is 0 Å². The van der Waals surface area contributed by atoms with Crippen LogP contribution >= 0.6 is 0 Å². The molecule has 4 atom stereocenters. The Hall–Kier alpha value is -0.900. The summed E-state index contributed by atoms with van der Waals surface area (Å²) < 4.78 is 12.1. The Labute approximate surface area is 115 Å². The van der Waals surface area contributed by atoms with Crippen LogP contribution in [0, 0.1) is 0 Å². The lowest BCUT2D eigenvalue weighted by Crippen LogP contribution is -2.39. The normalized spacial score (nSPS) is 37.5. The fourth-order valence-corrected chi connectivity index (χ4v) is 3.39. The molecule has 0 aliphatic carbocycles. The van der Waals surface area contributed by atoms with E-state index in [1.165, 1.54) is 5.56 Å². The molecule has 0 aromatic heterocycles. The zero-order valence-electron chi connectivity index (χ0n) is 12.2. The highest BCUT2D eigenvalue weighted by atomic mass is 16.8. The Morgan fingerprint density at radius 2 is 1.53 bits per heavy atom. The molecule has 1 aromatic carbocycles. The molecule has 0 N–H and O–H groups in total. The van der Waals surface area contributed by atoms with Crippen LogP contribution in [0.1, 0.15) is 33.3 Å². The Morgan fingerprint density at radius 3 is 2.05 bits per heavy atom. The van der Waals surface area contributed by atoms with Gasteiger partial charge in [-0.2, -0.15) is 0 Å². The van der Waals surface area contributed by atoms with Crippen LogP contribution in [0.2, 0.25) is 0 Å². The van der Waals surface area contributed by atoms with Crippen LogP contribution in [-0.4, -0.2) is 35.0 Å².